The smallest absolute Gasteiger partial charge is 0.183 e. The van der Waals surface area contributed by atoms with Crippen LogP contribution in [0, 0.1) is 0 Å². The Kier molecular flexibility index (Phi) is 4.83. The second-order valence-electron chi connectivity index (χ2n) is 5.48. The van der Waals surface area contributed by atoms with Gasteiger partial charge in [0.1, 0.15) is 5.69 Å². The van der Waals surface area contributed by atoms with Crippen molar-refractivity contribution in [2.24, 2.45) is 5.73 Å². The maximum Gasteiger partial charge on any atom is 0.183 e. The van der Waals surface area contributed by atoms with E-state index in [1.54, 1.807) is 20.4 Å². The molecule has 0 aliphatic heterocycles. The van der Waals surface area contributed by atoms with Gasteiger partial charge in [0, 0.05) is 30.9 Å². The fourth-order valence-corrected chi connectivity index (χ4v) is 3.13. The molecule has 2 N–H and O–H groups in total. The Morgan fingerprint density at radius 3 is 2.55 bits per heavy atom. The van der Waals surface area contributed by atoms with Crippen LogP contribution >= 0.6 is 0 Å². The molecule has 0 saturated heterocycles. The SMILES string of the molecule is COc1ccnc(CN(C)C2(CN)CCCC2)c1OC. The number of pyridine rings is 1. The lowest BCUT2D eigenvalue weighted by molar-refractivity contribution is 0.121. The van der Waals surface area contributed by atoms with E-state index < -0.39 is 0 Å². The van der Waals surface area contributed by atoms with E-state index >= 15 is 0 Å². The fraction of sp³-hybridized carbons (Fsp3) is 0.667. The number of ether oxygens (including phenoxy) is 2. The van der Waals surface area contributed by atoms with Crippen molar-refractivity contribution in [1.82, 2.24) is 9.88 Å². The van der Waals surface area contributed by atoms with E-state index in [1.165, 1.54) is 12.8 Å². The molecule has 0 aromatic carbocycles. The molecule has 1 fully saturated rings. The lowest BCUT2D eigenvalue weighted by atomic mass is 9.95. The summed E-state index contributed by atoms with van der Waals surface area (Å²) in [7, 11) is 5.42. The van der Waals surface area contributed by atoms with Crippen molar-refractivity contribution in [2.75, 3.05) is 27.8 Å². The van der Waals surface area contributed by atoms with Gasteiger partial charge in [0.15, 0.2) is 11.5 Å². The van der Waals surface area contributed by atoms with Gasteiger partial charge in [0.25, 0.3) is 0 Å². The highest BCUT2D eigenvalue weighted by Gasteiger charge is 2.36. The molecule has 0 radical (unpaired) electrons. The molecule has 0 bridgehead atoms. The summed E-state index contributed by atoms with van der Waals surface area (Å²) in [6.45, 7) is 1.41. The lowest BCUT2D eigenvalue weighted by Gasteiger charge is -2.38. The zero-order valence-corrected chi connectivity index (χ0v) is 12.7. The van der Waals surface area contributed by atoms with Crippen LogP contribution in [-0.4, -0.2) is 43.2 Å². The standard InChI is InChI=1S/C15H25N3O2/c1-18(15(11-16)7-4-5-8-15)10-12-14(20-3)13(19-2)6-9-17-12/h6,9H,4-5,7-8,10-11,16H2,1-3H3. The van der Waals surface area contributed by atoms with Gasteiger partial charge in [0.05, 0.1) is 14.2 Å². The van der Waals surface area contributed by atoms with Gasteiger partial charge in [-0.15, -0.1) is 0 Å². The van der Waals surface area contributed by atoms with Crippen molar-refractivity contribution in [3.05, 3.63) is 18.0 Å². The average molecular weight is 279 g/mol. The minimum absolute atomic E-state index is 0.107. The first-order valence-electron chi connectivity index (χ1n) is 7.14. The Balaban J connectivity index is 2.21. The van der Waals surface area contributed by atoms with E-state index in [0.717, 1.165) is 30.8 Å². The van der Waals surface area contributed by atoms with E-state index in [-0.39, 0.29) is 5.54 Å². The number of nitrogens with zero attached hydrogens (tertiary/aromatic N) is 2. The number of rotatable bonds is 6. The highest BCUT2D eigenvalue weighted by molar-refractivity contribution is 5.42. The molecule has 1 heterocycles. The summed E-state index contributed by atoms with van der Waals surface area (Å²) >= 11 is 0. The van der Waals surface area contributed by atoms with E-state index in [1.807, 2.05) is 6.07 Å². The second kappa shape index (κ2) is 6.41. The first kappa shape index (κ1) is 15.1. The first-order chi connectivity index (χ1) is 9.66. The van der Waals surface area contributed by atoms with Gasteiger partial charge in [-0.25, -0.2) is 0 Å². The molecule has 0 amide bonds. The summed E-state index contributed by atoms with van der Waals surface area (Å²) in [6, 6.07) is 1.82. The van der Waals surface area contributed by atoms with Crippen molar-refractivity contribution >= 4 is 0 Å². The molecule has 20 heavy (non-hydrogen) atoms. The van der Waals surface area contributed by atoms with Gasteiger partial charge in [-0.3, -0.25) is 9.88 Å². The third-order valence-electron chi connectivity index (χ3n) is 4.48. The Labute approximate surface area is 121 Å². The fourth-order valence-electron chi connectivity index (χ4n) is 3.13. The van der Waals surface area contributed by atoms with Gasteiger partial charge < -0.3 is 15.2 Å². The monoisotopic (exact) mass is 279 g/mol. The van der Waals surface area contributed by atoms with Crippen molar-refractivity contribution in [3.63, 3.8) is 0 Å². The number of hydrogen-bond acceptors (Lipinski definition) is 5. The molecule has 112 valence electrons. The minimum atomic E-state index is 0.107. The molecule has 0 atom stereocenters. The van der Waals surface area contributed by atoms with Gasteiger partial charge in [0.2, 0.25) is 0 Å². The van der Waals surface area contributed by atoms with Crippen molar-refractivity contribution < 1.29 is 9.47 Å². The van der Waals surface area contributed by atoms with E-state index in [4.69, 9.17) is 15.2 Å². The van der Waals surface area contributed by atoms with E-state index in [9.17, 15) is 0 Å². The Morgan fingerprint density at radius 2 is 2.00 bits per heavy atom. The molecule has 1 aliphatic rings. The van der Waals surface area contributed by atoms with Crippen LogP contribution < -0.4 is 15.2 Å². The van der Waals surface area contributed by atoms with Gasteiger partial charge >= 0.3 is 0 Å². The van der Waals surface area contributed by atoms with Gasteiger partial charge in [-0.05, 0) is 19.9 Å². The van der Waals surface area contributed by atoms with Gasteiger partial charge in [-0.2, -0.15) is 0 Å². The van der Waals surface area contributed by atoms with Crippen molar-refractivity contribution in [3.8, 4) is 11.5 Å². The highest BCUT2D eigenvalue weighted by Crippen LogP contribution is 2.36. The maximum absolute atomic E-state index is 6.03. The van der Waals surface area contributed by atoms with Crippen LogP contribution in [0.15, 0.2) is 12.3 Å². The number of aromatic nitrogens is 1. The van der Waals surface area contributed by atoms with Crippen LogP contribution in [-0.2, 0) is 6.54 Å². The number of hydrogen-bond donors (Lipinski definition) is 1. The van der Waals surface area contributed by atoms with Gasteiger partial charge in [-0.1, -0.05) is 12.8 Å². The summed E-state index contributed by atoms with van der Waals surface area (Å²) in [5.74, 6) is 1.44. The Morgan fingerprint density at radius 1 is 1.30 bits per heavy atom. The Bertz CT molecular complexity index is 445. The molecule has 1 aliphatic carbocycles. The van der Waals surface area contributed by atoms with Crippen LogP contribution in [0.5, 0.6) is 11.5 Å². The van der Waals surface area contributed by atoms with Crippen molar-refractivity contribution in [1.29, 1.82) is 0 Å². The number of nitrogens with two attached hydrogens (primary N) is 1. The van der Waals surface area contributed by atoms with Crippen LogP contribution in [0.4, 0.5) is 0 Å². The molecule has 1 aromatic rings. The maximum atomic E-state index is 6.03. The molecular formula is C15H25N3O2. The molecule has 1 aromatic heterocycles. The van der Waals surface area contributed by atoms with E-state index in [0.29, 0.717) is 12.3 Å². The molecule has 0 unspecified atom stereocenters. The molecule has 5 heteroatoms. The molecule has 2 rings (SSSR count). The highest BCUT2D eigenvalue weighted by atomic mass is 16.5. The minimum Gasteiger partial charge on any atom is -0.493 e. The summed E-state index contributed by atoms with van der Waals surface area (Å²) < 4.78 is 10.8. The third kappa shape index (κ3) is 2.74. The van der Waals surface area contributed by atoms with Crippen molar-refractivity contribution in [2.45, 2.75) is 37.8 Å². The topological polar surface area (TPSA) is 60.6 Å². The second-order valence-corrected chi connectivity index (χ2v) is 5.48. The third-order valence-corrected chi connectivity index (χ3v) is 4.48. The van der Waals surface area contributed by atoms with E-state index in [2.05, 4.69) is 16.9 Å². The summed E-state index contributed by atoms with van der Waals surface area (Å²) in [6.07, 6.45) is 6.58. The number of likely N-dealkylation sites (N-methyl/N-ethyl adjacent to an activating group) is 1. The van der Waals surface area contributed by atoms with Crippen LogP contribution in [0.3, 0.4) is 0 Å². The zero-order valence-electron chi connectivity index (χ0n) is 12.7. The normalized spacial score (nSPS) is 17.4. The number of methoxy groups -OCH3 is 2. The zero-order chi connectivity index (χ0) is 14.6. The Hall–Kier alpha value is -1.33. The molecular weight excluding hydrogens is 254 g/mol. The predicted molar refractivity (Wildman–Crippen MR) is 79.1 cm³/mol. The van der Waals surface area contributed by atoms with Crippen LogP contribution in [0.25, 0.3) is 0 Å². The molecule has 5 nitrogen and oxygen atoms in total. The molecule has 0 spiro atoms. The summed E-state index contributed by atoms with van der Waals surface area (Å²) in [5.41, 5.74) is 7.04. The first-order valence-corrected chi connectivity index (χ1v) is 7.14. The molecule has 1 saturated carbocycles. The van der Waals surface area contributed by atoms with Crippen LogP contribution in [0.2, 0.25) is 0 Å². The average Bonchev–Trinajstić information content (AvgIpc) is 2.97. The lowest BCUT2D eigenvalue weighted by Crippen LogP contribution is -2.49. The largest absolute Gasteiger partial charge is 0.493 e. The summed E-state index contributed by atoms with van der Waals surface area (Å²) in [4.78, 5) is 6.77. The van der Waals surface area contributed by atoms with Crippen LogP contribution in [0.1, 0.15) is 31.4 Å². The summed E-state index contributed by atoms with van der Waals surface area (Å²) in [5, 5.41) is 0. The quantitative estimate of drug-likeness (QED) is 0.860. The predicted octanol–water partition coefficient (Wildman–Crippen LogP) is 1.80.